The standard InChI is InChI=1S/C20H18ClNO3/c1-13-6-5-7-14(2)19(13)22-20(23)18-11-10-15(25-18)12-24-17-9-4-3-8-16(17)21/h3-11H,12H2,1-2H3,(H,22,23). The number of hydrogen-bond acceptors (Lipinski definition) is 3. The summed E-state index contributed by atoms with van der Waals surface area (Å²) in [6, 6.07) is 16.4. The van der Waals surface area contributed by atoms with Crippen LogP contribution in [0.2, 0.25) is 5.02 Å². The molecule has 2 aromatic carbocycles. The molecule has 1 amide bonds. The molecule has 5 heteroatoms. The smallest absolute Gasteiger partial charge is 0.291 e. The van der Waals surface area contributed by atoms with Gasteiger partial charge < -0.3 is 14.5 Å². The second kappa shape index (κ2) is 7.45. The van der Waals surface area contributed by atoms with Crippen molar-refractivity contribution >= 4 is 23.2 Å². The summed E-state index contributed by atoms with van der Waals surface area (Å²) in [6.07, 6.45) is 0. The van der Waals surface area contributed by atoms with Gasteiger partial charge in [0, 0.05) is 5.69 Å². The summed E-state index contributed by atoms with van der Waals surface area (Å²) < 4.78 is 11.2. The first kappa shape index (κ1) is 17.1. The summed E-state index contributed by atoms with van der Waals surface area (Å²) in [5.41, 5.74) is 2.81. The molecule has 0 aliphatic rings. The molecular weight excluding hydrogens is 338 g/mol. The third kappa shape index (κ3) is 4.03. The lowest BCUT2D eigenvalue weighted by molar-refractivity contribution is 0.0992. The predicted octanol–water partition coefficient (Wildman–Crippen LogP) is 5.38. The van der Waals surface area contributed by atoms with Crippen molar-refractivity contribution in [3.8, 4) is 5.75 Å². The molecule has 0 aliphatic carbocycles. The number of anilines is 1. The van der Waals surface area contributed by atoms with Gasteiger partial charge in [0.25, 0.3) is 5.91 Å². The zero-order valence-electron chi connectivity index (χ0n) is 14.0. The second-order valence-electron chi connectivity index (χ2n) is 5.71. The van der Waals surface area contributed by atoms with Crippen molar-refractivity contribution < 1.29 is 13.9 Å². The van der Waals surface area contributed by atoms with E-state index in [1.54, 1.807) is 24.3 Å². The molecule has 0 bridgehead atoms. The van der Waals surface area contributed by atoms with E-state index in [0.717, 1.165) is 16.8 Å². The Bertz CT molecular complexity index is 881. The fraction of sp³-hybridized carbons (Fsp3) is 0.150. The van der Waals surface area contributed by atoms with Gasteiger partial charge in [-0.3, -0.25) is 4.79 Å². The molecule has 1 N–H and O–H groups in total. The third-order valence-electron chi connectivity index (χ3n) is 3.81. The fourth-order valence-electron chi connectivity index (χ4n) is 2.47. The van der Waals surface area contributed by atoms with E-state index in [1.165, 1.54) is 0 Å². The van der Waals surface area contributed by atoms with Crippen LogP contribution in [0.3, 0.4) is 0 Å². The van der Waals surface area contributed by atoms with Gasteiger partial charge in [0.15, 0.2) is 5.76 Å². The lowest BCUT2D eigenvalue weighted by Crippen LogP contribution is -2.13. The summed E-state index contributed by atoms with van der Waals surface area (Å²) >= 11 is 6.05. The molecule has 0 unspecified atom stereocenters. The number of benzene rings is 2. The highest BCUT2D eigenvalue weighted by Crippen LogP contribution is 2.25. The lowest BCUT2D eigenvalue weighted by Gasteiger charge is -2.10. The molecule has 1 heterocycles. The predicted molar refractivity (Wildman–Crippen MR) is 98.4 cm³/mol. The van der Waals surface area contributed by atoms with Gasteiger partial charge >= 0.3 is 0 Å². The fourth-order valence-corrected chi connectivity index (χ4v) is 2.67. The van der Waals surface area contributed by atoms with Crippen molar-refractivity contribution in [1.29, 1.82) is 0 Å². The molecule has 0 fully saturated rings. The van der Waals surface area contributed by atoms with E-state index in [4.69, 9.17) is 20.8 Å². The lowest BCUT2D eigenvalue weighted by atomic mass is 10.1. The summed E-state index contributed by atoms with van der Waals surface area (Å²) in [4.78, 5) is 12.4. The molecule has 0 atom stereocenters. The van der Waals surface area contributed by atoms with Crippen LogP contribution in [0.1, 0.15) is 27.4 Å². The minimum absolute atomic E-state index is 0.195. The Hall–Kier alpha value is -2.72. The minimum atomic E-state index is -0.290. The zero-order chi connectivity index (χ0) is 17.8. The van der Waals surface area contributed by atoms with Crippen LogP contribution in [0.5, 0.6) is 5.75 Å². The molecule has 0 spiro atoms. The van der Waals surface area contributed by atoms with Crippen molar-refractivity contribution in [2.75, 3.05) is 5.32 Å². The number of ether oxygens (including phenoxy) is 1. The van der Waals surface area contributed by atoms with Crippen LogP contribution in [0.25, 0.3) is 0 Å². The van der Waals surface area contributed by atoms with Crippen LogP contribution >= 0.6 is 11.6 Å². The number of carbonyl (C=O) groups is 1. The van der Waals surface area contributed by atoms with E-state index in [0.29, 0.717) is 16.5 Å². The molecule has 1 aromatic heterocycles. The SMILES string of the molecule is Cc1cccc(C)c1NC(=O)c1ccc(COc2ccccc2Cl)o1. The van der Waals surface area contributed by atoms with Crippen molar-refractivity contribution in [1.82, 2.24) is 0 Å². The van der Waals surface area contributed by atoms with Crippen LogP contribution in [-0.2, 0) is 6.61 Å². The highest BCUT2D eigenvalue weighted by Gasteiger charge is 2.14. The Balaban J connectivity index is 1.67. The van der Waals surface area contributed by atoms with Gasteiger partial charge in [-0.15, -0.1) is 0 Å². The van der Waals surface area contributed by atoms with Gasteiger partial charge in [-0.2, -0.15) is 0 Å². The van der Waals surface area contributed by atoms with Crippen LogP contribution in [0.15, 0.2) is 59.0 Å². The number of para-hydroxylation sites is 2. The van der Waals surface area contributed by atoms with Gasteiger partial charge in [-0.1, -0.05) is 41.9 Å². The summed E-state index contributed by atoms with van der Waals surface area (Å²) in [7, 11) is 0. The van der Waals surface area contributed by atoms with E-state index in [1.807, 2.05) is 44.2 Å². The largest absolute Gasteiger partial charge is 0.484 e. The number of aryl methyl sites for hydroxylation is 2. The number of hydrogen-bond donors (Lipinski definition) is 1. The van der Waals surface area contributed by atoms with E-state index in [2.05, 4.69) is 5.32 Å². The van der Waals surface area contributed by atoms with Crippen LogP contribution in [0, 0.1) is 13.8 Å². The molecule has 4 nitrogen and oxygen atoms in total. The average Bonchev–Trinajstić information content (AvgIpc) is 3.06. The van der Waals surface area contributed by atoms with Crippen molar-refractivity contribution in [3.63, 3.8) is 0 Å². The summed E-state index contributed by atoms with van der Waals surface area (Å²) in [5.74, 6) is 1.07. The van der Waals surface area contributed by atoms with Gasteiger partial charge in [-0.25, -0.2) is 0 Å². The van der Waals surface area contributed by atoms with Gasteiger partial charge in [0.05, 0.1) is 5.02 Å². The molecule has 128 valence electrons. The van der Waals surface area contributed by atoms with E-state index in [-0.39, 0.29) is 18.3 Å². The first-order chi connectivity index (χ1) is 12.0. The monoisotopic (exact) mass is 355 g/mol. The number of halogens is 1. The Morgan fingerprint density at radius 3 is 2.48 bits per heavy atom. The Morgan fingerprint density at radius 1 is 1.04 bits per heavy atom. The second-order valence-corrected chi connectivity index (χ2v) is 6.11. The molecular formula is C20H18ClNO3. The maximum absolute atomic E-state index is 12.4. The molecule has 3 aromatic rings. The maximum atomic E-state index is 12.4. The first-order valence-corrected chi connectivity index (χ1v) is 8.26. The summed E-state index contributed by atoms with van der Waals surface area (Å²) in [5, 5.41) is 3.43. The minimum Gasteiger partial charge on any atom is -0.484 e. The maximum Gasteiger partial charge on any atom is 0.291 e. The molecule has 0 radical (unpaired) electrons. The highest BCUT2D eigenvalue weighted by molar-refractivity contribution is 6.32. The number of furan rings is 1. The van der Waals surface area contributed by atoms with E-state index < -0.39 is 0 Å². The van der Waals surface area contributed by atoms with Gasteiger partial charge in [0.2, 0.25) is 0 Å². The van der Waals surface area contributed by atoms with Crippen molar-refractivity contribution in [2.24, 2.45) is 0 Å². The number of rotatable bonds is 5. The first-order valence-electron chi connectivity index (χ1n) is 7.88. The normalized spacial score (nSPS) is 10.5. The van der Waals surface area contributed by atoms with Gasteiger partial charge in [0.1, 0.15) is 18.1 Å². The van der Waals surface area contributed by atoms with Crippen molar-refractivity contribution in [2.45, 2.75) is 20.5 Å². The Labute approximate surface area is 151 Å². The van der Waals surface area contributed by atoms with E-state index >= 15 is 0 Å². The molecule has 0 saturated heterocycles. The van der Waals surface area contributed by atoms with Crippen LogP contribution < -0.4 is 10.1 Å². The molecule has 0 aliphatic heterocycles. The van der Waals surface area contributed by atoms with E-state index in [9.17, 15) is 4.79 Å². The van der Waals surface area contributed by atoms with Crippen molar-refractivity contribution in [3.05, 3.63) is 82.3 Å². The number of nitrogens with one attached hydrogen (secondary N) is 1. The quantitative estimate of drug-likeness (QED) is 0.668. The number of carbonyl (C=O) groups excluding carboxylic acids is 1. The topological polar surface area (TPSA) is 51.5 Å². The summed E-state index contributed by atoms with van der Waals surface area (Å²) in [6.45, 7) is 4.10. The zero-order valence-corrected chi connectivity index (χ0v) is 14.8. The molecule has 25 heavy (non-hydrogen) atoms. The third-order valence-corrected chi connectivity index (χ3v) is 4.12. The van der Waals surface area contributed by atoms with Crippen LogP contribution in [-0.4, -0.2) is 5.91 Å². The van der Waals surface area contributed by atoms with Crippen LogP contribution in [0.4, 0.5) is 5.69 Å². The van der Waals surface area contributed by atoms with Gasteiger partial charge in [-0.05, 0) is 49.2 Å². The Morgan fingerprint density at radius 2 is 1.76 bits per heavy atom. The number of amides is 1. The molecule has 3 rings (SSSR count). The molecule has 0 saturated carbocycles. The highest BCUT2D eigenvalue weighted by atomic mass is 35.5. The average molecular weight is 356 g/mol. The Kier molecular flexibility index (Phi) is 5.10.